The van der Waals surface area contributed by atoms with Gasteiger partial charge in [0.1, 0.15) is 6.33 Å². The number of fused-ring (bicyclic) bond motifs is 1. The molecule has 1 aromatic heterocycles. The van der Waals surface area contributed by atoms with Crippen LogP contribution in [0.5, 0.6) is 0 Å². The summed E-state index contributed by atoms with van der Waals surface area (Å²) in [6, 6.07) is 16.3. The second-order valence-electron chi connectivity index (χ2n) is 6.85. The molecule has 2 aromatic carbocycles. The average Bonchev–Trinajstić information content (AvgIpc) is 3.17. The maximum Gasteiger partial charge on any atom is 0.288 e. The molecule has 5 nitrogen and oxygen atoms in total. The highest BCUT2D eigenvalue weighted by Gasteiger charge is 2.23. The molecule has 0 radical (unpaired) electrons. The van der Waals surface area contributed by atoms with Crippen molar-refractivity contribution in [2.75, 3.05) is 13.7 Å². The number of imidazole rings is 1. The van der Waals surface area contributed by atoms with Crippen LogP contribution < -0.4 is 0 Å². The van der Waals surface area contributed by atoms with Gasteiger partial charge in [0.2, 0.25) is 0 Å². The Morgan fingerprint density at radius 2 is 1.96 bits per heavy atom. The maximum absolute atomic E-state index is 12.6. The topological polar surface area (TPSA) is 47.4 Å². The molecular weight excluding hydrogens is 338 g/mol. The molecule has 1 aliphatic heterocycles. The van der Waals surface area contributed by atoms with Crippen molar-refractivity contribution in [3.8, 4) is 5.69 Å². The highest BCUT2D eigenvalue weighted by Crippen LogP contribution is 2.24. The van der Waals surface area contributed by atoms with Gasteiger partial charge in [-0.15, -0.1) is 0 Å². The molecule has 1 unspecified atom stereocenters. The maximum atomic E-state index is 12.6. The molecule has 1 aliphatic rings. The van der Waals surface area contributed by atoms with Gasteiger partial charge >= 0.3 is 0 Å². The number of ether oxygens (including phenoxy) is 1. The van der Waals surface area contributed by atoms with Crippen molar-refractivity contribution in [2.45, 2.75) is 25.8 Å². The molecule has 4 rings (SSSR count). The lowest BCUT2D eigenvalue weighted by molar-refractivity contribution is -0.131. The van der Waals surface area contributed by atoms with E-state index in [1.54, 1.807) is 4.90 Å². The number of hydrogen-bond donors (Lipinski definition) is 0. The van der Waals surface area contributed by atoms with Gasteiger partial charge < -0.3 is 9.64 Å². The van der Waals surface area contributed by atoms with Gasteiger partial charge in [-0.25, -0.2) is 4.98 Å². The molecule has 0 aliphatic carbocycles. The van der Waals surface area contributed by atoms with Crippen molar-refractivity contribution in [2.24, 2.45) is 0 Å². The predicted octanol–water partition coefficient (Wildman–Crippen LogP) is 4.24. The lowest BCUT2D eigenvalue weighted by Gasteiger charge is -2.27. The number of carbonyl (C=O) groups excluding carboxylic acids is 1. The third-order valence-corrected chi connectivity index (χ3v) is 5.16. The van der Waals surface area contributed by atoms with Gasteiger partial charge in [-0.1, -0.05) is 24.3 Å². The van der Waals surface area contributed by atoms with Crippen LogP contribution in [0.25, 0.3) is 16.7 Å². The number of benzene rings is 2. The second kappa shape index (κ2) is 7.27. The molecule has 138 valence electrons. The normalized spacial score (nSPS) is 15.1. The summed E-state index contributed by atoms with van der Waals surface area (Å²) in [4.78, 5) is 18.8. The van der Waals surface area contributed by atoms with Gasteiger partial charge in [-0.2, -0.15) is 0 Å². The molecule has 0 saturated carbocycles. The first-order valence-corrected chi connectivity index (χ1v) is 9.27. The Balaban J connectivity index is 1.54. The minimum absolute atomic E-state index is 0.0440. The number of carbonyl (C=O) groups is 1. The fourth-order valence-electron chi connectivity index (χ4n) is 3.36. The molecule has 3 aromatic rings. The Labute approximate surface area is 158 Å². The van der Waals surface area contributed by atoms with Gasteiger partial charge in [-0.05, 0) is 55.7 Å². The summed E-state index contributed by atoms with van der Waals surface area (Å²) in [7, 11) is 1.82. The summed E-state index contributed by atoms with van der Waals surface area (Å²) in [5.74, 6) is 0.406. The smallest absolute Gasteiger partial charge is 0.288 e. The molecule has 27 heavy (non-hydrogen) atoms. The monoisotopic (exact) mass is 361 g/mol. The van der Waals surface area contributed by atoms with Crippen molar-refractivity contribution >= 4 is 16.9 Å². The number of nitrogens with zero attached hydrogens (tertiary/aromatic N) is 3. The molecule has 1 amide bonds. The third kappa shape index (κ3) is 3.33. The first kappa shape index (κ1) is 17.3. The summed E-state index contributed by atoms with van der Waals surface area (Å²) in [5, 5.41) is 0. The first-order valence-electron chi connectivity index (χ1n) is 9.27. The average molecular weight is 361 g/mol. The highest BCUT2D eigenvalue weighted by molar-refractivity contribution is 5.91. The van der Waals surface area contributed by atoms with Gasteiger partial charge in [0.05, 0.1) is 23.7 Å². The summed E-state index contributed by atoms with van der Waals surface area (Å²) in [5.41, 5.74) is 4.18. The number of aromatic nitrogens is 2. The van der Waals surface area contributed by atoms with Gasteiger partial charge in [-0.3, -0.25) is 9.36 Å². The number of para-hydroxylation sites is 2. The van der Waals surface area contributed by atoms with Crippen LogP contribution in [0.4, 0.5) is 0 Å². The van der Waals surface area contributed by atoms with Crippen LogP contribution in [0.3, 0.4) is 0 Å². The van der Waals surface area contributed by atoms with Crippen LogP contribution in [0.1, 0.15) is 31.4 Å². The zero-order chi connectivity index (χ0) is 18.8. The number of hydrogen-bond acceptors (Lipinski definition) is 3. The summed E-state index contributed by atoms with van der Waals surface area (Å²) >= 11 is 0. The van der Waals surface area contributed by atoms with Crippen LogP contribution in [-0.2, 0) is 9.53 Å². The Morgan fingerprint density at radius 1 is 1.19 bits per heavy atom. The molecule has 1 atom stereocenters. The molecule has 0 spiro atoms. The lowest BCUT2D eigenvalue weighted by Crippen LogP contribution is -2.32. The summed E-state index contributed by atoms with van der Waals surface area (Å²) in [6.45, 7) is 2.65. The standard InChI is InChI=1S/C22H23N3O2/c1-16(24(2)22(26)21-9-5-6-14-27-21)17-10-12-18(13-11-17)25-15-23-19-7-3-4-8-20(19)25/h3-4,7-13,15-16H,5-6,14H2,1-2H3. The summed E-state index contributed by atoms with van der Waals surface area (Å²) in [6.07, 6.45) is 5.60. The fraction of sp³-hybridized carbons (Fsp3) is 0.273. The molecule has 2 heterocycles. The zero-order valence-corrected chi connectivity index (χ0v) is 15.6. The van der Waals surface area contributed by atoms with E-state index in [0.717, 1.165) is 35.1 Å². The molecule has 0 N–H and O–H groups in total. The van der Waals surface area contributed by atoms with E-state index in [4.69, 9.17) is 4.74 Å². The van der Waals surface area contributed by atoms with Crippen molar-refractivity contribution in [1.29, 1.82) is 0 Å². The van der Waals surface area contributed by atoms with E-state index in [1.807, 2.05) is 44.6 Å². The third-order valence-electron chi connectivity index (χ3n) is 5.16. The van der Waals surface area contributed by atoms with Crippen LogP contribution in [0.2, 0.25) is 0 Å². The molecule has 5 heteroatoms. The van der Waals surface area contributed by atoms with E-state index in [0.29, 0.717) is 12.4 Å². The van der Waals surface area contributed by atoms with E-state index < -0.39 is 0 Å². The molecule has 0 bridgehead atoms. The number of amides is 1. The highest BCUT2D eigenvalue weighted by atomic mass is 16.5. The van der Waals surface area contributed by atoms with E-state index in [-0.39, 0.29) is 11.9 Å². The lowest BCUT2D eigenvalue weighted by atomic mass is 10.1. The molecule has 0 saturated heterocycles. The van der Waals surface area contributed by atoms with E-state index >= 15 is 0 Å². The van der Waals surface area contributed by atoms with Crippen LogP contribution >= 0.6 is 0 Å². The zero-order valence-electron chi connectivity index (χ0n) is 15.6. The van der Waals surface area contributed by atoms with Gasteiger partial charge in [0, 0.05) is 12.7 Å². The van der Waals surface area contributed by atoms with Crippen molar-refractivity contribution in [3.05, 3.63) is 72.3 Å². The first-order chi connectivity index (χ1) is 13.1. The predicted molar refractivity (Wildman–Crippen MR) is 106 cm³/mol. The SMILES string of the molecule is CC(c1ccc(-n2cnc3ccccc32)cc1)N(C)C(=O)C1=CCCCO1. The van der Waals surface area contributed by atoms with E-state index in [2.05, 4.69) is 39.9 Å². The Hall–Kier alpha value is -3.08. The quantitative estimate of drug-likeness (QED) is 0.698. The number of rotatable bonds is 4. The Bertz CT molecular complexity index is 988. The molecular formula is C22H23N3O2. The number of allylic oxidation sites excluding steroid dienone is 1. The number of likely N-dealkylation sites (N-methyl/N-ethyl adjacent to an activating group) is 1. The van der Waals surface area contributed by atoms with Crippen molar-refractivity contribution < 1.29 is 9.53 Å². The van der Waals surface area contributed by atoms with E-state index in [9.17, 15) is 4.79 Å². The molecule has 0 fully saturated rings. The Kier molecular flexibility index (Phi) is 4.67. The minimum atomic E-state index is -0.0631. The van der Waals surface area contributed by atoms with E-state index in [1.165, 1.54) is 0 Å². The largest absolute Gasteiger partial charge is 0.488 e. The van der Waals surface area contributed by atoms with Crippen molar-refractivity contribution in [3.63, 3.8) is 0 Å². The Morgan fingerprint density at radius 3 is 2.70 bits per heavy atom. The van der Waals surface area contributed by atoms with Gasteiger partial charge in [0.25, 0.3) is 5.91 Å². The fourth-order valence-corrected chi connectivity index (χ4v) is 3.36. The van der Waals surface area contributed by atoms with Crippen LogP contribution in [-0.4, -0.2) is 34.0 Å². The van der Waals surface area contributed by atoms with Crippen LogP contribution in [0, 0.1) is 0 Å². The summed E-state index contributed by atoms with van der Waals surface area (Å²) < 4.78 is 7.58. The van der Waals surface area contributed by atoms with Crippen molar-refractivity contribution in [1.82, 2.24) is 14.5 Å². The second-order valence-corrected chi connectivity index (χ2v) is 6.85. The minimum Gasteiger partial charge on any atom is -0.488 e. The van der Waals surface area contributed by atoms with Gasteiger partial charge in [0.15, 0.2) is 5.76 Å². The van der Waals surface area contributed by atoms with Crippen LogP contribution in [0.15, 0.2) is 66.7 Å².